The molecule has 5 rings (SSSR count). The number of anilines is 1. The van der Waals surface area contributed by atoms with Crippen molar-refractivity contribution in [1.29, 1.82) is 0 Å². The first-order valence-electron chi connectivity index (χ1n) is 13.5. The average molecular weight is 586 g/mol. The van der Waals surface area contributed by atoms with E-state index in [2.05, 4.69) is 5.32 Å². The van der Waals surface area contributed by atoms with Gasteiger partial charge >= 0.3 is 6.03 Å². The van der Waals surface area contributed by atoms with Gasteiger partial charge in [0.15, 0.2) is 0 Å². The van der Waals surface area contributed by atoms with Crippen LogP contribution in [0.4, 0.5) is 14.9 Å². The predicted molar refractivity (Wildman–Crippen MR) is 151 cm³/mol. The molecular weight excluding hydrogens is 553 g/mol. The van der Waals surface area contributed by atoms with Crippen molar-refractivity contribution in [2.75, 3.05) is 38.7 Å². The van der Waals surface area contributed by atoms with Crippen molar-refractivity contribution in [2.24, 2.45) is 0 Å². The number of amides is 4. The minimum absolute atomic E-state index is 0.0161. The molecule has 0 spiro atoms. The third-order valence-corrected chi connectivity index (χ3v) is 8.25. The van der Waals surface area contributed by atoms with Crippen LogP contribution in [-0.4, -0.2) is 94.3 Å². The highest BCUT2D eigenvalue weighted by molar-refractivity contribution is 6.35. The Labute approximate surface area is 242 Å². The van der Waals surface area contributed by atoms with E-state index in [-0.39, 0.29) is 47.3 Å². The van der Waals surface area contributed by atoms with Gasteiger partial charge in [-0.2, -0.15) is 0 Å². The number of likely N-dealkylation sites (tertiary alicyclic amines) is 1. The number of rotatable bonds is 7. The maximum atomic E-state index is 14.3. The van der Waals surface area contributed by atoms with Crippen molar-refractivity contribution in [3.63, 3.8) is 0 Å². The summed E-state index contributed by atoms with van der Waals surface area (Å²) >= 11 is 6.21. The first kappa shape index (κ1) is 28.8. The molecule has 2 N–H and O–H groups in total. The van der Waals surface area contributed by atoms with E-state index in [1.807, 2.05) is 29.2 Å². The number of carbonyl (C=O) groups is 3. The molecule has 0 saturated carbocycles. The summed E-state index contributed by atoms with van der Waals surface area (Å²) in [6.07, 6.45) is 1.14. The summed E-state index contributed by atoms with van der Waals surface area (Å²) in [6, 6.07) is 11.1. The molecule has 0 bridgehead atoms. The molecule has 1 fully saturated rings. The summed E-state index contributed by atoms with van der Waals surface area (Å²) in [6.45, 7) is 3.02. The molecule has 3 aliphatic heterocycles. The highest BCUT2D eigenvalue weighted by Gasteiger charge is 2.39. The third kappa shape index (κ3) is 5.74. The highest BCUT2D eigenvalue weighted by Crippen LogP contribution is 2.33. The van der Waals surface area contributed by atoms with Gasteiger partial charge in [-0.15, -0.1) is 0 Å². The van der Waals surface area contributed by atoms with Crippen molar-refractivity contribution in [2.45, 2.75) is 44.7 Å². The number of fused-ring (bicyclic) bond motifs is 1. The summed E-state index contributed by atoms with van der Waals surface area (Å²) in [4.78, 5) is 45.7. The minimum atomic E-state index is -1.44. The maximum Gasteiger partial charge on any atom is 0.322 e. The van der Waals surface area contributed by atoms with Gasteiger partial charge in [0.1, 0.15) is 12.4 Å². The van der Waals surface area contributed by atoms with Gasteiger partial charge in [-0.25, -0.2) is 9.18 Å². The Morgan fingerprint density at radius 1 is 1.17 bits per heavy atom. The molecule has 1 saturated heterocycles. The molecule has 10 nitrogen and oxygen atoms in total. The maximum absolute atomic E-state index is 14.3. The fourth-order valence-electron chi connectivity index (χ4n) is 5.67. The number of hydrogen-bond acceptors (Lipinski definition) is 6. The second-order valence-corrected chi connectivity index (χ2v) is 10.9. The monoisotopic (exact) mass is 585 g/mol. The number of aliphatic hydroxyl groups is 1. The number of ether oxygens (including phenoxy) is 1. The van der Waals surface area contributed by atoms with Crippen LogP contribution >= 0.6 is 11.6 Å². The molecule has 2 aromatic carbocycles. The zero-order chi connectivity index (χ0) is 29.3. The Balaban J connectivity index is 1.30. The van der Waals surface area contributed by atoms with E-state index in [0.29, 0.717) is 32.5 Å². The first-order valence-corrected chi connectivity index (χ1v) is 13.9. The molecule has 0 aliphatic carbocycles. The number of carbonyl (C=O) groups excluding carboxylic acids is 3. The first-order chi connectivity index (χ1) is 19.7. The number of hydrogen-bond donors (Lipinski definition) is 2. The van der Waals surface area contributed by atoms with Gasteiger partial charge in [-0.05, 0) is 37.5 Å². The van der Waals surface area contributed by atoms with Crippen molar-refractivity contribution in [3.8, 4) is 0 Å². The second-order valence-electron chi connectivity index (χ2n) is 10.5. The molecule has 4 amide bonds. The van der Waals surface area contributed by atoms with Crippen LogP contribution in [0.2, 0.25) is 5.02 Å². The van der Waals surface area contributed by atoms with Crippen molar-refractivity contribution >= 4 is 40.7 Å². The molecule has 41 heavy (non-hydrogen) atoms. The average Bonchev–Trinajstić information content (AvgIpc) is 2.96. The van der Waals surface area contributed by atoms with Crippen LogP contribution in [0.3, 0.4) is 0 Å². The van der Waals surface area contributed by atoms with Gasteiger partial charge in [0, 0.05) is 50.2 Å². The van der Waals surface area contributed by atoms with Crippen LogP contribution in [0.1, 0.15) is 30.9 Å². The number of benzene rings is 2. The van der Waals surface area contributed by atoms with E-state index >= 15 is 0 Å². The lowest BCUT2D eigenvalue weighted by atomic mass is 10.0. The lowest BCUT2D eigenvalue weighted by molar-refractivity contribution is -0.164. The molecule has 12 heteroatoms. The highest BCUT2D eigenvalue weighted by atomic mass is 35.5. The number of urea groups is 1. The Bertz CT molecular complexity index is 1360. The number of para-hydroxylation sites is 1. The second kappa shape index (κ2) is 12.1. The van der Waals surface area contributed by atoms with Crippen molar-refractivity contribution in [3.05, 3.63) is 70.6 Å². The van der Waals surface area contributed by atoms with Crippen LogP contribution < -0.4 is 5.32 Å². The van der Waals surface area contributed by atoms with E-state index in [0.717, 1.165) is 11.3 Å². The predicted octanol–water partition coefficient (Wildman–Crippen LogP) is 3.31. The van der Waals surface area contributed by atoms with Crippen molar-refractivity contribution < 1.29 is 28.6 Å². The van der Waals surface area contributed by atoms with Crippen LogP contribution in [0, 0.1) is 5.82 Å². The molecule has 3 aliphatic rings. The Hall–Kier alpha value is -3.67. The number of aliphatic hydroxyl groups excluding tert-OH is 1. The molecule has 3 heterocycles. The zero-order valence-electron chi connectivity index (χ0n) is 22.9. The van der Waals surface area contributed by atoms with Gasteiger partial charge in [-0.1, -0.05) is 41.9 Å². The van der Waals surface area contributed by atoms with E-state index in [4.69, 9.17) is 16.3 Å². The van der Waals surface area contributed by atoms with E-state index in [1.165, 1.54) is 41.3 Å². The molecular formula is C29H33ClFN5O5. The molecule has 218 valence electrons. The molecule has 1 unspecified atom stereocenters. The van der Waals surface area contributed by atoms with Crippen LogP contribution in [-0.2, 0) is 20.9 Å². The Morgan fingerprint density at radius 2 is 1.90 bits per heavy atom. The van der Waals surface area contributed by atoms with Crippen LogP contribution in [0.5, 0.6) is 0 Å². The summed E-state index contributed by atoms with van der Waals surface area (Å²) in [5.74, 6) is -1.48. The van der Waals surface area contributed by atoms with Gasteiger partial charge in [-0.3, -0.25) is 14.5 Å². The molecule has 2 atom stereocenters. The van der Waals surface area contributed by atoms with Gasteiger partial charge in [0.2, 0.25) is 12.3 Å². The van der Waals surface area contributed by atoms with Crippen LogP contribution in [0.15, 0.2) is 48.7 Å². The fraction of sp³-hybridized carbons (Fsp3) is 0.414. The summed E-state index contributed by atoms with van der Waals surface area (Å²) < 4.78 is 19.5. The number of methoxy groups -OCH3 is 1. The molecule has 2 aromatic rings. The van der Waals surface area contributed by atoms with Crippen LogP contribution in [0.25, 0.3) is 5.57 Å². The topological polar surface area (TPSA) is 106 Å². The number of nitrogens with one attached hydrogen (secondary N) is 1. The number of halogens is 2. The SMILES string of the molecule is COC[C@H](C)N1C(=O)C(c2cccc(F)c2Cl)=CN(CC(=O)N2CCC(N3Cc4ccccc4NC3=O)CC2)C1O. The standard InChI is InChI=1S/C29H33ClFN5O5/c1-18(17-41-2)36-27(38)22(21-7-5-8-23(31)26(21)30)15-34(29(36)40)16-25(37)33-12-10-20(11-13-33)35-14-19-6-3-4-9-24(19)32-28(35)39/h3-9,15,18,20,29,40H,10-14,16-17H2,1-2H3,(H,32,39)/t18-,29?/m0/s1. The lowest BCUT2D eigenvalue weighted by Gasteiger charge is -2.44. The number of nitrogens with zero attached hydrogens (tertiary/aromatic N) is 4. The van der Waals surface area contributed by atoms with Gasteiger partial charge in [0.05, 0.1) is 23.2 Å². The van der Waals surface area contributed by atoms with Crippen molar-refractivity contribution in [1.82, 2.24) is 19.6 Å². The summed E-state index contributed by atoms with van der Waals surface area (Å²) in [5, 5.41) is 13.9. The lowest BCUT2D eigenvalue weighted by Crippen LogP contribution is -2.59. The Kier molecular flexibility index (Phi) is 8.48. The summed E-state index contributed by atoms with van der Waals surface area (Å²) in [7, 11) is 1.48. The Morgan fingerprint density at radius 3 is 2.63 bits per heavy atom. The van der Waals surface area contributed by atoms with E-state index in [9.17, 15) is 23.9 Å². The number of piperidine rings is 1. The fourth-order valence-corrected chi connectivity index (χ4v) is 5.89. The van der Waals surface area contributed by atoms with Gasteiger partial charge in [0.25, 0.3) is 5.91 Å². The quantitative estimate of drug-likeness (QED) is 0.517. The zero-order valence-corrected chi connectivity index (χ0v) is 23.7. The largest absolute Gasteiger partial charge is 0.383 e. The van der Waals surface area contributed by atoms with E-state index in [1.54, 1.807) is 11.8 Å². The van der Waals surface area contributed by atoms with Gasteiger partial charge < -0.3 is 29.9 Å². The smallest absolute Gasteiger partial charge is 0.322 e. The van der Waals surface area contributed by atoms with E-state index < -0.39 is 24.1 Å². The minimum Gasteiger partial charge on any atom is -0.383 e. The normalized spacial score (nSPS) is 20.5. The summed E-state index contributed by atoms with van der Waals surface area (Å²) in [5.41, 5.74) is 2.09. The molecule has 0 aromatic heterocycles. The molecule has 0 radical (unpaired) electrons. The third-order valence-electron chi connectivity index (χ3n) is 7.87.